The molecule has 0 unspecified atom stereocenters. The van der Waals surface area contributed by atoms with Crippen molar-refractivity contribution in [3.05, 3.63) is 54.1 Å². The van der Waals surface area contributed by atoms with Crippen LogP contribution in [0.1, 0.15) is 32.3 Å². The van der Waals surface area contributed by atoms with E-state index in [-0.39, 0.29) is 6.03 Å². The summed E-state index contributed by atoms with van der Waals surface area (Å²) < 4.78 is 11.4. The van der Waals surface area contributed by atoms with Crippen molar-refractivity contribution in [3.63, 3.8) is 0 Å². The number of nitrogens with one attached hydrogen (secondary N) is 2. The molecule has 0 radical (unpaired) electrons. The molecule has 25 heavy (non-hydrogen) atoms. The predicted molar refractivity (Wildman–Crippen MR) is 100 cm³/mol. The van der Waals surface area contributed by atoms with Crippen molar-refractivity contribution in [2.45, 2.75) is 33.2 Å². The van der Waals surface area contributed by atoms with Crippen LogP contribution in [0.5, 0.6) is 11.5 Å². The van der Waals surface area contributed by atoms with Crippen LogP contribution in [0.3, 0.4) is 0 Å². The van der Waals surface area contributed by atoms with E-state index < -0.39 is 0 Å². The van der Waals surface area contributed by atoms with Gasteiger partial charge in [0, 0.05) is 18.3 Å². The monoisotopic (exact) mass is 342 g/mol. The Morgan fingerprint density at radius 2 is 1.60 bits per heavy atom. The fourth-order valence-corrected chi connectivity index (χ4v) is 2.20. The summed E-state index contributed by atoms with van der Waals surface area (Å²) in [6.45, 7) is 5.81. The Bertz CT molecular complexity index is 659. The first-order chi connectivity index (χ1) is 12.2. The zero-order chi connectivity index (χ0) is 17.9. The van der Waals surface area contributed by atoms with E-state index in [0.717, 1.165) is 18.4 Å². The number of hydrogen-bond donors (Lipinski definition) is 2. The fourth-order valence-electron chi connectivity index (χ4n) is 2.20. The van der Waals surface area contributed by atoms with Gasteiger partial charge in [0.1, 0.15) is 0 Å². The van der Waals surface area contributed by atoms with E-state index in [2.05, 4.69) is 17.6 Å². The molecule has 0 atom stereocenters. The molecule has 2 aromatic rings. The van der Waals surface area contributed by atoms with Crippen LogP contribution < -0.4 is 20.1 Å². The number of ether oxygens (including phenoxy) is 2. The van der Waals surface area contributed by atoms with Gasteiger partial charge in [-0.05, 0) is 30.5 Å². The molecule has 0 aliphatic rings. The Morgan fingerprint density at radius 1 is 0.920 bits per heavy atom. The predicted octanol–water partition coefficient (Wildman–Crippen LogP) is 4.59. The minimum Gasteiger partial charge on any atom is -0.490 e. The van der Waals surface area contributed by atoms with Crippen LogP contribution >= 0.6 is 0 Å². The summed E-state index contributed by atoms with van der Waals surface area (Å²) in [6.07, 6.45) is 1.83. The quantitative estimate of drug-likeness (QED) is 0.701. The van der Waals surface area contributed by atoms with Gasteiger partial charge in [-0.3, -0.25) is 0 Å². The van der Waals surface area contributed by atoms with Gasteiger partial charge in [0.05, 0.1) is 13.2 Å². The molecule has 2 rings (SSSR count). The van der Waals surface area contributed by atoms with Gasteiger partial charge in [0.25, 0.3) is 0 Å². The second-order valence-electron chi connectivity index (χ2n) is 5.65. The molecule has 0 aliphatic carbocycles. The second kappa shape index (κ2) is 10.2. The summed E-state index contributed by atoms with van der Waals surface area (Å²) in [5, 5.41) is 5.66. The lowest BCUT2D eigenvalue weighted by atomic mass is 10.2. The summed E-state index contributed by atoms with van der Waals surface area (Å²) in [6, 6.07) is 15.0. The van der Waals surface area contributed by atoms with Crippen molar-refractivity contribution in [3.8, 4) is 11.5 Å². The normalized spacial score (nSPS) is 10.2. The molecule has 0 saturated carbocycles. The topological polar surface area (TPSA) is 59.6 Å². The molecule has 0 aliphatic heterocycles. The van der Waals surface area contributed by atoms with Crippen LogP contribution in [0.25, 0.3) is 0 Å². The lowest BCUT2D eigenvalue weighted by Crippen LogP contribution is -2.28. The number of hydrogen-bond acceptors (Lipinski definition) is 3. The van der Waals surface area contributed by atoms with Crippen molar-refractivity contribution in [2.75, 3.05) is 18.5 Å². The summed E-state index contributed by atoms with van der Waals surface area (Å²) in [5.41, 5.74) is 1.72. The Hall–Kier alpha value is -2.69. The highest BCUT2D eigenvalue weighted by atomic mass is 16.5. The van der Waals surface area contributed by atoms with Crippen LogP contribution in [0.4, 0.5) is 10.5 Å². The Kier molecular flexibility index (Phi) is 7.63. The van der Waals surface area contributed by atoms with Crippen LogP contribution in [0.2, 0.25) is 0 Å². The van der Waals surface area contributed by atoms with E-state index in [4.69, 9.17) is 9.47 Å². The van der Waals surface area contributed by atoms with Crippen LogP contribution in [0, 0.1) is 0 Å². The molecular weight excluding hydrogens is 316 g/mol. The third-order valence-corrected chi connectivity index (χ3v) is 3.42. The smallest absolute Gasteiger partial charge is 0.319 e. The van der Waals surface area contributed by atoms with Gasteiger partial charge in [-0.2, -0.15) is 0 Å². The van der Waals surface area contributed by atoms with Crippen molar-refractivity contribution in [1.29, 1.82) is 0 Å². The van der Waals surface area contributed by atoms with Crippen molar-refractivity contribution in [2.24, 2.45) is 0 Å². The third kappa shape index (κ3) is 6.37. The van der Waals surface area contributed by atoms with Crippen LogP contribution in [-0.2, 0) is 6.54 Å². The van der Waals surface area contributed by atoms with Gasteiger partial charge in [-0.15, -0.1) is 0 Å². The first kappa shape index (κ1) is 18.6. The Morgan fingerprint density at radius 3 is 2.28 bits per heavy atom. The maximum absolute atomic E-state index is 12.1. The second-order valence-corrected chi connectivity index (χ2v) is 5.65. The summed E-state index contributed by atoms with van der Waals surface area (Å²) in [5.74, 6) is 1.35. The zero-order valence-electron chi connectivity index (χ0n) is 14.9. The highest BCUT2D eigenvalue weighted by Crippen LogP contribution is 2.30. The van der Waals surface area contributed by atoms with Gasteiger partial charge in [-0.1, -0.05) is 44.2 Å². The highest BCUT2D eigenvalue weighted by Gasteiger charge is 2.09. The first-order valence-corrected chi connectivity index (χ1v) is 8.71. The summed E-state index contributed by atoms with van der Waals surface area (Å²) >= 11 is 0. The van der Waals surface area contributed by atoms with Gasteiger partial charge in [0.2, 0.25) is 0 Å². The minimum absolute atomic E-state index is 0.257. The molecule has 0 spiro atoms. The Labute approximate surface area is 149 Å². The number of rotatable bonds is 9. The zero-order valence-corrected chi connectivity index (χ0v) is 14.9. The molecule has 134 valence electrons. The standard InChI is InChI=1S/C20H26N2O3/c1-3-12-24-18-11-10-17(14-19(18)25-13-4-2)22-20(23)21-15-16-8-6-5-7-9-16/h5-11,14H,3-4,12-13,15H2,1-2H3,(H2,21,22,23). The molecule has 5 heteroatoms. The molecule has 2 N–H and O–H groups in total. The van der Waals surface area contributed by atoms with E-state index in [1.54, 1.807) is 6.07 Å². The number of anilines is 1. The lowest BCUT2D eigenvalue weighted by Gasteiger charge is -2.14. The maximum atomic E-state index is 12.1. The largest absolute Gasteiger partial charge is 0.490 e. The summed E-state index contributed by atoms with van der Waals surface area (Å²) in [7, 11) is 0. The molecule has 0 fully saturated rings. The van der Waals surface area contributed by atoms with Crippen molar-refractivity contribution < 1.29 is 14.3 Å². The number of urea groups is 1. The molecule has 0 saturated heterocycles. The highest BCUT2D eigenvalue weighted by molar-refractivity contribution is 5.89. The van der Waals surface area contributed by atoms with E-state index in [9.17, 15) is 4.79 Å². The van der Waals surface area contributed by atoms with E-state index in [1.165, 1.54) is 0 Å². The molecule has 5 nitrogen and oxygen atoms in total. The van der Waals surface area contributed by atoms with Crippen molar-refractivity contribution in [1.82, 2.24) is 5.32 Å². The van der Waals surface area contributed by atoms with E-state index in [1.807, 2.05) is 49.4 Å². The SMILES string of the molecule is CCCOc1ccc(NC(=O)NCc2ccccc2)cc1OCCC. The summed E-state index contributed by atoms with van der Waals surface area (Å²) in [4.78, 5) is 12.1. The maximum Gasteiger partial charge on any atom is 0.319 e. The number of amides is 2. The first-order valence-electron chi connectivity index (χ1n) is 8.71. The molecule has 2 aromatic carbocycles. The van der Waals surface area contributed by atoms with Crippen LogP contribution in [-0.4, -0.2) is 19.2 Å². The number of carbonyl (C=O) groups is 1. The molecule has 0 heterocycles. The van der Waals surface area contributed by atoms with Crippen LogP contribution in [0.15, 0.2) is 48.5 Å². The van der Waals surface area contributed by atoms with Gasteiger partial charge in [-0.25, -0.2) is 4.79 Å². The molecule has 0 bridgehead atoms. The average molecular weight is 342 g/mol. The Balaban J connectivity index is 1.96. The third-order valence-electron chi connectivity index (χ3n) is 3.42. The minimum atomic E-state index is -0.257. The molecule has 2 amide bonds. The average Bonchev–Trinajstić information content (AvgIpc) is 2.64. The van der Waals surface area contributed by atoms with Gasteiger partial charge in [0.15, 0.2) is 11.5 Å². The van der Waals surface area contributed by atoms with E-state index >= 15 is 0 Å². The fraction of sp³-hybridized carbons (Fsp3) is 0.350. The van der Waals surface area contributed by atoms with Crippen molar-refractivity contribution >= 4 is 11.7 Å². The lowest BCUT2D eigenvalue weighted by molar-refractivity contribution is 0.251. The molecular formula is C20H26N2O3. The van der Waals surface area contributed by atoms with Gasteiger partial charge >= 0.3 is 6.03 Å². The molecule has 0 aromatic heterocycles. The number of carbonyl (C=O) groups excluding carboxylic acids is 1. The number of benzene rings is 2. The van der Waals surface area contributed by atoms with Gasteiger partial charge < -0.3 is 20.1 Å². The van der Waals surface area contributed by atoms with E-state index in [0.29, 0.717) is 36.9 Å².